The lowest BCUT2D eigenvalue weighted by atomic mass is 10.1. The normalized spacial score (nSPS) is 20.5. The topological polar surface area (TPSA) is 115 Å². The summed E-state index contributed by atoms with van der Waals surface area (Å²) in [5.74, 6) is -0.251. The van der Waals surface area contributed by atoms with Crippen molar-refractivity contribution in [1.29, 1.82) is 5.26 Å². The van der Waals surface area contributed by atoms with E-state index in [-0.39, 0.29) is 17.9 Å². The number of anilines is 2. The molecule has 5 rings (SSSR count). The highest BCUT2D eigenvalue weighted by Crippen LogP contribution is 2.27. The molecule has 1 aromatic carbocycles. The molecule has 2 atom stereocenters. The number of carbonyl (C=O) groups is 2. The van der Waals surface area contributed by atoms with Gasteiger partial charge in [-0.1, -0.05) is 0 Å². The standard InChI is InChI=1S/C25H27N7O3/c1-17-15-31(21-7-6-20(14-26)32-22(21)8-9-28-32)16-23(35-17)24(33)29-19-4-2-18(3-5-19)25(34)30-12-10-27-11-13-30/h2-9,17,23,27H,10-13,15-16H2,1H3,(H,29,33)/t17-,23-/m1/s1. The third-order valence-corrected chi connectivity index (χ3v) is 6.34. The van der Waals surface area contributed by atoms with Crippen LogP contribution in [0.3, 0.4) is 0 Å². The number of nitriles is 1. The number of morpholine rings is 1. The van der Waals surface area contributed by atoms with Crippen LogP contribution in [0.2, 0.25) is 0 Å². The van der Waals surface area contributed by atoms with E-state index >= 15 is 0 Å². The summed E-state index contributed by atoms with van der Waals surface area (Å²) in [6, 6.07) is 14.6. The summed E-state index contributed by atoms with van der Waals surface area (Å²) < 4.78 is 7.56. The number of fused-ring (bicyclic) bond motifs is 1. The first kappa shape index (κ1) is 22.8. The molecule has 0 saturated carbocycles. The van der Waals surface area contributed by atoms with Gasteiger partial charge in [-0.15, -0.1) is 0 Å². The molecule has 0 unspecified atom stereocenters. The van der Waals surface area contributed by atoms with E-state index in [0.29, 0.717) is 43.1 Å². The van der Waals surface area contributed by atoms with Crippen molar-refractivity contribution < 1.29 is 14.3 Å². The number of hydrogen-bond donors (Lipinski definition) is 2. The van der Waals surface area contributed by atoms with Crippen molar-refractivity contribution in [2.24, 2.45) is 0 Å². The molecular formula is C25H27N7O3. The van der Waals surface area contributed by atoms with E-state index in [1.807, 2.05) is 24.0 Å². The number of benzene rings is 1. The average molecular weight is 474 g/mol. The van der Waals surface area contributed by atoms with E-state index in [2.05, 4.69) is 26.7 Å². The van der Waals surface area contributed by atoms with Crippen molar-refractivity contribution in [3.05, 3.63) is 59.9 Å². The van der Waals surface area contributed by atoms with Gasteiger partial charge in [0.25, 0.3) is 11.8 Å². The van der Waals surface area contributed by atoms with Crippen LogP contribution < -0.4 is 15.5 Å². The van der Waals surface area contributed by atoms with Crippen LogP contribution in [0.15, 0.2) is 48.7 Å². The van der Waals surface area contributed by atoms with E-state index in [1.54, 1.807) is 41.0 Å². The molecule has 2 aromatic heterocycles. The van der Waals surface area contributed by atoms with E-state index in [0.717, 1.165) is 24.3 Å². The Kier molecular flexibility index (Phi) is 6.35. The molecule has 2 saturated heterocycles. The summed E-state index contributed by atoms with van der Waals surface area (Å²) in [7, 11) is 0. The largest absolute Gasteiger partial charge is 0.364 e. The fraction of sp³-hybridized carbons (Fsp3) is 0.360. The van der Waals surface area contributed by atoms with Crippen LogP contribution in [0.5, 0.6) is 0 Å². The Morgan fingerprint density at radius 1 is 1.11 bits per heavy atom. The number of carbonyl (C=O) groups excluding carboxylic acids is 2. The van der Waals surface area contributed by atoms with Crippen LogP contribution >= 0.6 is 0 Å². The smallest absolute Gasteiger partial charge is 0.255 e. The zero-order chi connectivity index (χ0) is 24.4. The molecule has 3 aromatic rings. The molecule has 10 heteroatoms. The molecule has 2 aliphatic heterocycles. The third kappa shape index (κ3) is 4.69. The molecule has 2 fully saturated rings. The summed E-state index contributed by atoms with van der Waals surface area (Å²) in [5.41, 5.74) is 3.36. The first-order valence-corrected chi connectivity index (χ1v) is 11.7. The maximum atomic E-state index is 13.1. The number of ether oxygens (including phenoxy) is 1. The van der Waals surface area contributed by atoms with Gasteiger partial charge in [-0.05, 0) is 49.4 Å². The predicted molar refractivity (Wildman–Crippen MR) is 130 cm³/mol. The number of piperazine rings is 1. The van der Waals surface area contributed by atoms with E-state index < -0.39 is 6.10 Å². The highest BCUT2D eigenvalue weighted by molar-refractivity contribution is 5.97. The zero-order valence-corrected chi connectivity index (χ0v) is 19.5. The second-order valence-corrected chi connectivity index (χ2v) is 8.79. The van der Waals surface area contributed by atoms with Gasteiger partial charge >= 0.3 is 0 Å². The summed E-state index contributed by atoms with van der Waals surface area (Å²) in [6.07, 6.45) is 0.807. The Bertz CT molecular complexity index is 1270. The lowest BCUT2D eigenvalue weighted by Gasteiger charge is -2.37. The molecule has 35 heavy (non-hydrogen) atoms. The molecule has 2 N–H and O–H groups in total. The van der Waals surface area contributed by atoms with Gasteiger partial charge in [-0.25, -0.2) is 4.52 Å². The van der Waals surface area contributed by atoms with Gasteiger partial charge in [0.1, 0.15) is 11.8 Å². The molecule has 10 nitrogen and oxygen atoms in total. The van der Waals surface area contributed by atoms with Gasteiger partial charge in [-0.2, -0.15) is 10.4 Å². The molecule has 0 spiro atoms. The Morgan fingerprint density at radius 2 is 1.89 bits per heavy atom. The maximum absolute atomic E-state index is 13.1. The second kappa shape index (κ2) is 9.74. The molecule has 2 amide bonds. The van der Waals surface area contributed by atoms with E-state index in [1.165, 1.54) is 0 Å². The second-order valence-electron chi connectivity index (χ2n) is 8.79. The van der Waals surface area contributed by atoms with Crippen molar-refractivity contribution in [2.45, 2.75) is 19.1 Å². The van der Waals surface area contributed by atoms with Gasteiger partial charge in [0.15, 0.2) is 6.10 Å². The van der Waals surface area contributed by atoms with Crippen LogP contribution in [0.4, 0.5) is 11.4 Å². The van der Waals surface area contributed by atoms with Crippen LogP contribution in [0.1, 0.15) is 23.0 Å². The Hall–Kier alpha value is -3.94. The Morgan fingerprint density at radius 3 is 2.63 bits per heavy atom. The Labute approximate surface area is 203 Å². The van der Waals surface area contributed by atoms with Crippen LogP contribution in [0.25, 0.3) is 5.52 Å². The number of rotatable bonds is 4. The summed E-state index contributed by atoms with van der Waals surface area (Å²) in [6.45, 7) is 5.88. The number of hydrogen-bond acceptors (Lipinski definition) is 7. The average Bonchev–Trinajstić information content (AvgIpc) is 3.38. The molecule has 0 aliphatic carbocycles. The van der Waals surface area contributed by atoms with Gasteiger partial charge < -0.3 is 25.2 Å². The quantitative estimate of drug-likeness (QED) is 0.590. The number of amides is 2. The van der Waals surface area contributed by atoms with E-state index in [9.17, 15) is 14.9 Å². The van der Waals surface area contributed by atoms with Gasteiger partial charge in [-0.3, -0.25) is 9.59 Å². The minimum absolute atomic E-state index is 0.00180. The van der Waals surface area contributed by atoms with Crippen molar-refractivity contribution in [3.63, 3.8) is 0 Å². The van der Waals surface area contributed by atoms with Gasteiger partial charge in [0, 0.05) is 44.0 Å². The third-order valence-electron chi connectivity index (χ3n) is 6.34. The monoisotopic (exact) mass is 473 g/mol. The first-order valence-electron chi connectivity index (χ1n) is 11.7. The van der Waals surface area contributed by atoms with Crippen LogP contribution in [-0.4, -0.2) is 77.8 Å². The van der Waals surface area contributed by atoms with Crippen molar-refractivity contribution in [1.82, 2.24) is 19.8 Å². The molecule has 180 valence electrons. The fourth-order valence-corrected chi connectivity index (χ4v) is 4.62. The van der Waals surface area contributed by atoms with Crippen LogP contribution in [-0.2, 0) is 9.53 Å². The molecule has 2 aliphatic rings. The summed E-state index contributed by atoms with van der Waals surface area (Å²) in [4.78, 5) is 29.6. The molecule has 0 radical (unpaired) electrons. The number of nitrogens with one attached hydrogen (secondary N) is 2. The van der Waals surface area contributed by atoms with E-state index in [4.69, 9.17) is 4.74 Å². The minimum atomic E-state index is -0.681. The van der Waals surface area contributed by atoms with Gasteiger partial charge in [0.2, 0.25) is 0 Å². The van der Waals surface area contributed by atoms with Gasteiger partial charge in [0.05, 0.1) is 30.0 Å². The molecule has 4 heterocycles. The Balaban J connectivity index is 1.27. The zero-order valence-electron chi connectivity index (χ0n) is 19.5. The number of nitrogens with zero attached hydrogens (tertiary/aromatic N) is 5. The lowest BCUT2D eigenvalue weighted by Crippen LogP contribution is -2.51. The van der Waals surface area contributed by atoms with Crippen LogP contribution in [0, 0.1) is 11.3 Å². The molecule has 0 bridgehead atoms. The number of aromatic nitrogens is 2. The fourth-order valence-electron chi connectivity index (χ4n) is 4.62. The summed E-state index contributed by atoms with van der Waals surface area (Å²) >= 11 is 0. The van der Waals surface area contributed by atoms with Crippen molar-refractivity contribution in [2.75, 3.05) is 49.5 Å². The lowest BCUT2D eigenvalue weighted by molar-refractivity contribution is -0.131. The summed E-state index contributed by atoms with van der Waals surface area (Å²) in [5, 5.41) is 19.7. The molecular weight excluding hydrogens is 446 g/mol. The number of pyridine rings is 1. The maximum Gasteiger partial charge on any atom is 0.255 e. The van der Waals surface area contributed by atoms with Crippen molar-refractivity contribution >= 4 is 28.7 Å². The SMILES string of the molecule is C[C@@H]1CN(c2ccc(C#N)n3nccc23)C[C@H](C(=O)Nc2ccc(C(=O)N3CCNCC3)cc2)O1. The predicted octanol–water partition coefficient (Wildman–Crippen LogP) is 1.48. The van der Waals surface area contributed by atoms with Crippen molar-refractivity contribution in [3.8, 4) is 6.07 Å². The minimum Gasteiger partial charge on any atom is -0.364 e. The highest BCUT2D eigenvalue weighted by Gasteiger charge is 2.31. The first-order chi connectivity index (χ1) is 17.0. The highest BCUT2D eigenvalue weighted by atomic mass is 16.5.